The quantitative estimate of drug-likeness (QED) is 0.456. The molecule has 0 fully saturated rings. The highest BCUT2D eigenvalue weighted by Gasteiger charge is 1.84. The van der Waals surface area contributed by atoms with E-state index in [1.54, 1.807) is 13.3 Å². The maximum Gasteiger partial charge on any atom is 0.0314 e. The molecule has 2 N–H and O–H groups in total. The predicted octanol–water partition coefficient (Wildman–Crippen LogP) is 1.32. The fourth-order valence-corrected chi connectivity index (χ4v) is 0.731. The molecule has 0 bridgehead atoms. The molecule has 0 atom stereocenters. The summed E-state index contributed by atoms with van der Waals surface area (Å²) >= 11 is 0. The van der Waals surface area contributed by atoms with Crippen molar-refractivity contribution in [1.82, 2.24) is 0 Å². The summed E-state index contributed by atoms with van der Waals surface area (Å²) in [6.07, 6.45) is 1.79. The van der Waals surface area contributed by atoms with Gasteiger partial charge in [-0.25, -0.2) is 0 Å². The van der Waals surface area contributed by atoms with E-state index >= 15 is 0 Å². The van der Waals surface area contributed by atoms with E-state index in [1.807, 2.05) is 24.3 Å². The number of hydrogen-bond acceptors (Lipinski definition) is 2. The van der Waals surface area contributed by atoms with Gasteiger partial charge in [-0.05, 0) is 17.7 Å². The van der Waals surface area contributed by atoms with Crippen molar-refractivity contribution < 1.29 is 0 Å². The molecule has 10 heavy (non-hydrogen) atoms. The van der Waals surface area contributed by atoms with E-state index in [4.69, 9.17) is 5.73 Å². The standard InChI is InChI=1S/C8H10N2/c1-10-6-7-2-4-8(9)5-3-7/h2-6H,9H2,1H3/b10-6+. The lowest BCUT2D eigenvalue weighted by Crippen LogP contribution is -1.85. The minimum absolute atomic E-state index is 0.785. The molecule has 1 aromatic carbocycles. The van der Waals surface area contributed by atoms with Gasteiger partial charge in [0, 0.05) is 18.9 Å². The number of hydrogen-bond donors (Lipinski definition) is 1. The zero-order valence-electron chi connectivity index (χ0n) is 5.91. The molecule has 0 unspecified atom stereocenters. The van der Waals surface area contributed by atoms with Gasteiger partial charge in [0.05, 0.1) is 0 Å². The average Bonchev–Trinajstić information content (AvgIpc) is 1.95. The predicted molar refractivity (Wildman–Crippen MR) is 44.4 cm³/mol. The lowest BCUT2D eigenvalue weighted by Gasteiger charge is -1.92. The Balaban J connectivity index is 2.89. The number of nitrogen functional groups attached to an aromatic ring is 1. The summed E-state index contributed by atoms with van der Waals surface area (Å²) < 4.78 is 0. The Morgan fingerprint density at radius 2 is 1.90 bits per heavy atom. The molecule has 1 rings (SSSR count). The molecule has 0 saturated carbocycles. The molecule has 0 spiro atoms. The molecule has 52 valence electrons. The van der Waals surface area contributed by atoms with Gasteiger partial charge < -0.3 is 5.73 Å². The molecule has 0 aliphatic rings. The third-order valence-electron chi connectivity index (χ3n) is 1.21. The Bertz CT molecular complexity index is 224. The van der Waals surface area contributed by atoms with Crippen molar-refractivity contribution in [1.29, 1.82) is 0 Å². The van der Waals surface area contributed by atoms with E-state index in [0.717, 1.165) is 11.3 Å². The van der Waals surface area contributed by atoms with E-state index in [9.17, 15) is 0 Å². The van der Waals surface area contributed by atoms with Crippen LogP contribution < -0.4 is 5.73 Å². The first-order valence-electron chi connectivity index (χ1n) is 3.10. The smallest absolute Gasteiger partial charge is 0.0314 e. The van der Waals surface area contributed by atoms with Gasteiger partial charge in [0.25, 0.3) is 0 Å². The van der Waals surface area contributed by atoms with Crippen LogP contribution in [0.2, 0.25) is 0 Å². The van der Waals surface area contributed by atoms with Crippen LogP contribution in [0.3, 0.4) is 0 Å². The number of aliphatic imine (C=N–C) groups is 1. The number of anilines is 1. The van der Waals surface area contributed by atoms with E-state index in [2.05, 4.69) is 4.99 Å². The second kappa shape index (κ2) is 3.01. The summed E-state index contributed by atoms with van der Waals surface area (Å²) in [7, 11) is 1.75. The van der Waals surface area contributed by atoms with Gasteiger partial charge in [-0.3, -0.25) is 4.99 Å². The number of rotatable bonds is 1. The molecule has 0 radical (unpaired) electrons. The normalized spacial score (nSPS) is 10.5. The first-order chi connectivity index (χ1) is 4.83. The van der Waals surface area contributed by atoms with Crippen LogP contribution in [-0.4, -0.2) is 13.3 Å². The van der Waals surface area contributed by atoms with Crippen molar-refractivity contribution in [3.63, 3.8) is 0 Å². The van der Waals surface area contributed by atoms with E-state index in [-0.39, 0.29) is 0 Å². The Labute approximate surface area is 60.4 Å². The van der Waals surface area contributed by atoms with Gasteiger partial charge in [0.1, 0.15) is 0 Å². The molecule has 0 aromatic heterocycles. The SMILES string of the molecule is C/N=C/c1ccc(N)cc1. The van der Waals surface area contributed by atoms with Crippen molar-refractivity contribution in [3.05, 3.63) is 29.8 Å². The molecule has 2 heteroatoms. The van der Waals surface area contributed by atoms with E-state index < -0.39 is 0 Å². The first-order valence-corrected chi connectivity index (χ1v) is 3.10. The van der Waals surface area contributed by atoms with Crippen molar-refractivity contribution in [2.24, 2.45) is 4.99 Å². The lowest BCUT2D eigenvalue weighted by molar-refractivity contribution is 1.46. The Morgan fingerprint density at radius 1 is 1.30 bits per heavy atom. The minimum atomic E-state index is 0.785. The summed E-state index contributed by atoms with van der Waals surface area (Å²) in [4.78, 5) is 3.87. The molecule has 0 amide bonds. The zero-order valence-corrected chi connectivity index (χ0v) is 5.91. The van der Waals surface area contributed by atoms with Gasteiger partial charge >= 0.3 is 0 Å². The Kier molecular flexibility index (Phi) is 2.05. The molecule has 0 aliphatic heterocycles. The van der Waals surface area contributed by atoms with Crippen molar-refractivity contribution in [2.45, 2.75) is 0 Å². The zero-order chi connectivity index (χ0) is 7.40. The topological polar surface area (TPSA) is 38.4 Å². The van der Waals surface area contributed by atoms with Crippen LogP contribution in [0.15, 0.2) is 29.3 Å². The van der Waals surface area contributed by atoms with Gasteiger partial charge in [0.15, 0.2) is 0 Å². The van der Waals surface area contributed by atoms with Gasteiger partial charge in [-0.15, -0.1) is 0 Å². The van der Waals surface area contributed by atoms with Crippen LogP contribution in [0.4, 0.5) is 5.69 Å². The highest BCUT2D eigenvalue weighted by Crippen LogP contribution is 2.02. The van der Waals surface area contributed by atoms with Gasteiger partial charge in [-0.2, -0.15) is 0 Å². The third-order valence-corrected chi connectivity index (χ3v) is 1.21. The molecular weight excluding hydrogens is 124 g/mol. The number of benzene rings is 1. The molecule has 0 saturated heterocycles. The summed E-state index contributed by atoms with van der Waals surface area (Å²) in [6.45, 7) is 0. The van der Waals surface area contributed by atoms with Gasteiger partial charge in [0.2, 0.25) is 0 Å². The second-order valence-electron chi connectivity index (χ2n) is 2.05. The van der Waals surface area contributed by atoms with Crippen LogP contribution in [0.1, 0.15) is 5.56 Å². The summed E-state index contributed by atoms with van der Waals surface area (Å²) in [5.74, 6) is 0. The van der Waals surface area contributed by atoms with Crippen LogP contribution >= 0.6 is 0 Å². The molecule has 1 aromatic rings. The van der Waals surface area contributed by atoms with Crippen LogP contribution in [0, 0.1) is 0 Å². The van der Waals surface area contributed by atoms with E-state index in [1.165, 1.54) is 0 Å². The summed E-state index contributed by atoms with van der Waals surface area (Å²) in [5.41, 5.74) is 7.34. The Morgan fingerprint density at radius 3 is 2.40 bits per heavy atom. The summed E-state index contributed by atoms with van der Waals surface area (Å²) in [6, 6.07) is 7.58. The first kappa shape index (κ1) is 6.81. The third kappa shape index (κ3) is 1.58. The number of nitrogens with two attached hydrogens (primary N) is 1. The molecular formula is C8H10N2. The largest absolute Gasteiger partial charge is 0.399 e. The fourth-order valence-electron chi connectivity index (χ4n) is 0.731. The lowest BCUT2D eigenvalue weighted by atomic mass is 10.2. The number of nitrogens with zero attached hydrogens (tertiary/aromatic N) is 1. The van der Waals surface area contributed by atoms with Gasteiger partial charge in [-0.1, -0.05) is 12.1 Å². The van der Waals surface area contributed by atoms with Crippen LogP contribution in [0.5, 0.6) is 0 Å². The highest BCUT2D eigenvalue weighted by molar-refractivity contribution is 5.79. The fraction of sp³-hybridized carbons (Fsp3) is 0.125. The highest BCUT2D eigenvalue weighted by atomic mass is 14.6. The minimum Gasteiger partial charge on any atom is -0.399 e. The maximum absolute atomic E-state index is 5.48. The van der Waals surface area contributed by atoms with Crippen LogP contribution in [-0.2, 0) is 0 Å². The Hall–Kier alpha value is -1.31. The molecule has 2 nitrogen and oxygen atoms in total. The molecule has 0 heterocycles. The monoisotopic (exact) mass is 134 g/mol. The second-order valence-corrected chi connectivity index (χ2v) is 2.05. The maximum atomic E-state index is 5.48. The van der Waals surface area contributed by atoms with Crippen molar-refractivity contribution in [3.8, 4) is 0 Å². The van der Waals surface area contributed by atoms with Crippen molar-refractivity contribution in [2.75, 3.05) is 12.8 Å². The molecule has 0 aliphatic carbocycles. The summed E-state index contributed by atoms with van der Waals surface area (Å²) in [5, 5.41) is 0. The van der Waals surface area contributed by atoms with E-state index in [0.29, 0.717) is 0 Å². The van der Waals surface area contributed by atoms with Crippen molar-refractivity contribution >= 4 is 11.9 Å². The van der Waals surface area contributed by atoms with Crippen LogP contribution in [0.25, 0.3) is 0 Å². The average molecular weight is 134 g/mol.